The number of aliphatic hydroxyl groups is 1. The molecule has 1 amide bonds. The number of anilines is 1. The highest BCUT2D eigenvalue weighted by Crippen LogP contribution is 2.47. The van der Waals surface area contributed by atoms with Crippen LogP contribution in [0.4, 0.5) is 10.1 Å². The molecule has 0 spiro atoms. The lowest BCUT2D eigenvalue weighted by Gasteiger charge is -2.39. The van der Waals surface area contributed by atoms with E-state index in [9.17, 15) is 14.3 Å². The molecule has 2 aliphatic rings. The number of rotatable bonds is 3. The molecule has 1 fully saturated rings. The third-order valence-electron chi connectivity index (χ3n) is 6.07. The number of fused-ring (bicyclic) bond motifs is 3. The van der Waals surface area contributed by atoms with Crippen LogP contribution >= 0.6 is 0 Å². The van der Waals surface area contributed by atoms with Crippen LogP contribution in [0.15, 0.2) is 61.1 Å². The minimum absolute atomic E-state index is 0.0145. The Labute approximate surface area is 173 Å². The average Bonchev–Trinajstić information content (AvgIpc) is 3.24. The molecule has 0 aliphatic carbocycles. The van der Waals surface area contributed by atoms with Crippen LogP contribution in [-0.2, 0) is 0 Å². The Bertz CT molecular complexity index is 1090. The molecule has 0 unspecified atom stereocenters. The minimum atomic E-state index is -0.290. The second-order valence-corrected chi connectivity index (χ2v) is 7.73. The standard InChI is InChI=1S/C23H21FN4O2/c24-16-3-1-2-14(10-16)15-4-5-19-18(11-15)22-17(21(13-29)27-19)6-9-28(22)23(30)20-12-25-7-8-26-20/h1-5,7-8,10-12,17,21-22,27,29H,6,9,13H2/t17-,21+,22-/m0/s1. The van der Waals surface area contributed by atoms with E-state index in [-0.39, 0.29) is 36.3 Å². The van der Waals surface area contributed by atoms with Gasteiger partial charge in [0.25, 0.3) is 5.91 Å². The lowest BCUT2D eigenvalue weighted by atomic mass is 9.82. The molecule has 7 heteroatoms. The highest BCUT2D eigenvalue weighted by molar-refractivity contribution is 5.93. The summed E-state index contributed by atoms with van der Waals surface area (Å²) in [5.74, 6) is -0.385. The molecule has 0 radical (unpaired) electrons. The maximum absolute atomic E-state index is 13.8. The molecule has 0 bridgehead atoms. The topological polar surface area (TPSA) is 78.4 Å². The van der Waals surface area contributed by atoms with Gasteiger partial charge in [-0.25, -0.2) is 9.37 Å². The van der Waals surface area contributed by atoms with E-state index in [4.69, 9.17) is 0 Å². The molecule has 6 nitrogen and oxygen atoms in total. The van der Waals surface area contributed by atoms with Gasteiger partial charge in [-0.05, 0) is 47.4 Å². The van der Waals surface area contributed by atoms with Gasteiger partial charge < -0.3 is 15.3 Å². The second-order valence-electron chi connectivity index (χ2n) is 7.73. The largest absolute Gasteiger partial charge is 0.394 e. The minimum Gasteiger partial charge on any atom is -0.394 e. The fourth-order valence-electron chi connectivity index (χ4n) is 4.69. The molecule has 2 aromatic carbocycles. The third-order valence-corrected chi connectivity index (χ3v) is 6.07. The molecule has 152 valence electrons. The first-order chi connectivity index (χ1) is 14.7. The summed E-state index contributed by atoms with van der Waals surface area (Å²) in [5.41, 5.74) is 3.83. The monoisotopic (exact) mass is 404 g/mol. The molecule has 1 saturated heterocycles. The molecule has 5 rings (SSSR count). The number of carbonyl (C=O) groups excluding carboxylic acids is 1. The van der Waals surface area contributed by atoms with Gasteiger partial charge in [0.15, 0.2) is 0 Å². The van der Waals surface area contributed by atoms with Crippen LogP contribution < -0.4 is 5.32 Å². The summed E-state index contributed by atoms with van der Waals surface area (Å²) in [5, 5.41) is 13.4. The summed E-state index contributed by atoms with van der Waals surface area (Å²) in [6.07, 6.45) is 5.30. The molecular weight excluding hydrogens is 383 g/mol. The maximum atomic E-state index is 13.8. The van der Waals surface area contributed by atoms with Gasteiger partial charge in [-0.15, -0.1) is 0 Å². The second kappa shape index (κ2) is 7.50. The number of aliphatic hydroxyl groups excluding tert-OH is 1. The van der Waals surface area contributed by atoms with Crippen LogP contribution in [0.1, 0.15) is 28.5 Å². The van der Waals surface area contributed by atoms with Crippen molar-refractivity contribution in [1.29, 1.82) is 0 Å². The first-order valence-electron chi connectivity index (χ1n) is 10.00. The van der Waals surface area contributed by atoms with Crippen molar-refractivity contribution in [1.82, 2.24) is 14.9 Å². The van der Waals surface area contributed by atoms with E-state index in [0.29, 0.717) is 12.2 Å². The molecule has 2 aliphatic heterocycles. The van der Waals surface area contributed by atoms with Crippen molar-refractivity contribution in [2.75, 3.05) is 18.5 Å². The van der Waals surface area contributed by atoms with Gasteiger partial charge in [-0.1, -0.05) is 18.2 Å². The van der Waals surface area contributed by atoms with Crippen LogP contribution in [0.25, 0.3) is 11.1 Å². The van der Waals surface area contributed by atoms with Gasteiger partial charge in [0, 0.05) is 30.5 Å². The highest BCUT2D eigenvalue weighted by Gasteiger charge is 2.46. The van der Waals surface area contributed by atoms with Crippen molar-refractivity contribution in [3.05, 3.63) is 78.1 Å². The zero-order valence-electron chi connectivity index (χ0n) is 16.2. The molecule has 1 aromatic heterocycles. The number of benzene rings is 2. The summed E-state index contributed by atoms with van der Waals surface area (Å²) in [6.45, 7) is 0.561. The summed E-state index contributed by atoms with van der Waals surface area (Å²) in [4.78, 5) is 23.2. The van der Waals surface area contributed by atoms with Crippen LogP contribution in [0.5, 0.6) is 0 Å². The predicted octanol–water partition coefficient (Wildman–Crippen LogP) is 3.27. The normalized spacial score (nSPS) is 22.2. The number of halogens is 1. The quantitative estimate of drug-likeness (QED) is 0.701. The average molecular weight is 404 g/mol. The van der Waals surface area contributed by atoms with Crippen LogP contribution in [-0.4, -0.2) is 45.1 Å². The van der Waals surface area contributed by atoms with Crippen molar-refractivity contribution in [2.24, 2.45) is 5.92 Å². The van der Waals surface area contributed by atoms with E-state index in [1.54, 1.807) is 6.07 Å². The summed E-state index contributed by atoms with van der Waals surface area (Å²) < 4.78 is 13.8. The van der Waals surface area contributed by atoms with Gasteiger partial charge in [-0.3, -0.25) is 9.78 Å². The highest BCUT2D eigenvalue weighted by atomic mass is 19.1. The first kappa shape index (κ1) is 18.7. The number of hydrogen-bond donors (Lipinski definition) is 2. The molecule has 2 N–H and O–H groups in total. The van der Waals surface area contributed by atoms with Gasteiger partial charge in [-0.2, -0.15) is 0 Å². The van der Waals surface area contributed by atoms with E-state index >= 15 is 0 Å². The lowest BCUT2D eigenvalue weighted by molar-refractivity contribution is 0.0694. The fraction of sp³-hybridized carbons (Fsp3) is 0.261. The summed E-state index contributed by atoms with van der Waals surface area (Å²) in [6, 6.07) is 12.0. The Kier molecular flexibility index (Phi) is 4.67. The SMILES string of the molecule is O=C(c1cnccn1)N1CC[C@@H]2[C@H]1c1cc(-c3cccc(F)c3)ccc1N[C@@H]2CO. The van der Waals surface area contributed by atoms with Gasteiger partial charge in [0.2, 0.25) is 0 Å². The van der Waals surface area contributed by atoms with Crippen molar-refractivity contribution in [3.63, 3.8) is 0 Å². The lowest BCUT2D eigenvalue weighted by Crippen LogP contribution is -2.43. The van der Waals surface area contributed by atoms with Crippen LogP contribution in [0, 0.1) is 11.7 Å². The molecular formula is C23H21FN4O2. The zero-order valence-corrected chi connectivity index (χ0v) is 16.2. The summed E-state index contributed by atoms with van der Waals surface area (Å²) >= 11 is 0. The van der Waals surface area contributed by atoms with Crippen molar-refractivity contribution >= 4 is 11.6 Å². The number of amides is 1. The number of nitrogens with zero attached hydrogens (tertiary/aromatic N) is 3. The zero-order chi connectivity index (χ0) is 20.7. The molecule has 3 aromatic rings. The van der Waals surface area contributed by atoms with Gasteiger partial charge in [0.1, 0.15) is 11.5 Å². The Morgan fingerprint density at radius 2 is 2.07 bits per heavy atom. The smallest absolute Gasteiger partial charge is 0.274 e. The van der Waals surface area contributed by atoms with E-state index in [0.717, 1.165) is 28.8 Å². The number of nitrogens with one attached hydrogen (secondary N) is 1. The van der Waals surface area contributed by atoms with Crippen molar-refractivity contribution in [2.45, 2.75) is 18.5 Å². The molecule has 0 saturated carbocycles. The Morgan fingerprint density at radius 1 is 1.20 bits per heavy atom. The third kappa shape index (κ3) is 3.11. The van der Waals surface area contributed by atoms with E-state index < -0.39 is 0 Å². The van der Waals surface area contributed by atoms with Crippen molar-refractivity contribution < 1.29 is 14.3 Å². The maximum Gasteiger partial charge on any atom is 0.274 e. The van der Waals surface area contributed by atoms with E-state index in [1.165, 1.54) is 30.7 Å². The Morgan fingerprint density at radius 3 is 2.83 bits per heavy atom. The summed E-state index contributed by atoms with van der Waals surface area (Å²) in [7, 11) is 0. The Hall–Kier alpha value is -3.32. The van der Waals surface area contributed by atoms with Crippen LogP contribution in [0.3, 0.4) is 0 Å². The number of likely N-dealkylation sites (tertiary alicyclic amines) is 1. The van der Waals surface area contributed by atoms with Crippen molar-refractivity contribution in [3.8, 4) is 11.1 Å². The molecule has 3 heterocycles. The van der Waals surface area contributed by atoms with Gasteiger partial charge >= 0.3 is 0 Å². The fourth-order valence-corrected chi connectivity index (χ4v) is 4.69. The molecule has 3 atom stereocenters. The van der Waals surface area contributed by atoms with E-state index in [2.05, 4.69) is 15.3 Å². The molecule has 30 heavy (non-hydrogen) atoms. The van der Waals surface area contributed by atoms with E-state index in [1.807, 2.05) is 29.2 Å². The number of hydrogen-bond acceptors (Lipinski definition) is 5. The van der Waals surface area contributed by atoms with Crippen LogP contribution in [0.2, 0.25) is 0 Å². The van der Waals surface area contributed by atoms with Gasteiger partial charge in [0.05, 0.1) is 24.9 Å². The predicted molar refractivity (Wildman–Crippen MR) is 110 cm³/mol. The first-order valence-corrected chi connectivity index (χ1v) is 10.00. The number of carbonyl (C=O) groups is 1. The number of aromatic nitrogens is 2. The Balaban J connectivity index is 1.58.